The van der Waals surface area contributed by atoms with Crippen LogP contribution >= 0.6 is 0 Å². The Morgan fingerprint density at radius 1 is 0.400 bits per heavy atom. The molecule has 6 heteroatoms. The molecular weight excluding hydrogens is 735 g/mol. The molecule has 0 bridgehead atoms. The number of benzene rings is 9. The van der Waals surface area contributed by atoms with Crippen molar-refractivity contribution < 1.29 is 4.42 Å². The van der Waals surface area contributed by atoms with Crippen molar-refractivity contribution in [2.24, 2.45) is 0 Å². The summed E-state index contributed by atoms with van der Waals surface area (Å²) < 4.78 is 10.8. The summed E-state index contributed by atoms with van der Waals surface area (Å²) in [4.78, 5) is 2.27. The van der Waals surface area contributed by atoms with Gasteiger partial charge in [0, 0.05) is 44.0 Å². The van der Waals surface area contributed by atoms with Crippen LogP contribution in [-0.2, 0) is 0 Å². The fourth-order valence-corrected chi connectivity index (χ4v) is 9.40. The van der Waals surface area contributed by atoms with Crippen molar-refractivity contribution in [3.63, 3.8) is 0 Å². The van der Waals surface area contributed by atoms with Gasteiger partial charge in [0.15, 0.2) is 0 Å². The second kappa shape index (κ2) is 13.0. The molecule has 0 aliphatic carbocycles. The molecule has 0 radical (unpaired) electrons. The minimum absolute atomic E-state index is 0.447. The third kappa shape index (κ3) is 4.80. The molecule has 12 rings (SSSR count). The molecule has 0 unspecified atom stereocenters. The fourth-order valence-electron chi connectivity index (χ4n) is 9.40. The lowest BCUT2D eigenvalue weighted by molar-refractivity contribution is 0.673. The molecule has 0 saturated carbocycles. The first-order valence-corrected chi connectivity index (χ1v) is 19.9. The second-order valence-electron chi connectivity index (χ2n) is 15.1. The van der Waals surface area contributed by atoms with Gasteiger partial charge in [-0.2, -0.15) is 10.5 Å². The second-order valence-corrected chi connectivity index (χ2v) is 15.1. The maximum Gasteiger partial charge on any atom is 0.145 e. The molecule has 0 aliphatic rings. The third-order valence-electron chi connectivity index (χ3n) is 11.9. The van der Waals surface area contributed by atoms with Gasteiger partial charge in [-0.25, -0.2) is 0 Å². The van der Waals surface area contributed by atoms with E-state index in [2.05, 4.69) is 160 Å². The van der Waals surface area contributed by atoms with Crippen LogP contribution in [0.1, 0.15) is 11.1 Å². The molecule has 9 aromatic carbocycles. The molecule has 60 heavy (non-hydrogen) atoms. The average molecular weight is 766 g/mol. The standard InChI is InChI=1S/C54H31N5O/c55-32-35-30-50(36(33-56)29-49(35)58-45-21-11-9-20-43(45)53-48(58)28-25-42-41-19-10-12-22-51(41)60-54(42)53)59-46-27-24-39(57(37-14-3-1-4-15-37)38-16-5-2-6-17-38)31-44(46)52-40-18-8-7-13-34(40)23-26-47(52)59/h1-31H. The number of aromatic nitrogens is 2. The number of nitrogens with zero attached hydrogens (tertiary/aromatic N) is 5. The zero-order valence-corrected chi connectivity index (χ0v) is 32.0. The largest absolute Gasteiger partial charge is 0.455 e. The van der Waals surface area contributed by atoms with Gasteiger partial charge in [-0.1, -0.05) is 103 Å². The first-order valence-electron chi connectivity index (χ1n) is 19.9. The molecule has 0 amide bonds. The molecule has 12 aromatic rings. The molecule has 0 aliphatic heterocycles. The van der Waals surface area contributed by atoms with Gasteiger partial charge >= 0.3 is 0 Å². The van der Waals surface area contributed by atoms with Crippen LogP contribution in [0, 0.1) is 22.7 Å². The van der Waals surface area contributed by atoms with Crippen molar-refractivity contribution in [3.8, 4) is 23.5 Å². The van der Waals surface area contributed by atoms with E-state index >= 15 is 0 Å². The van der Waals surface area contributed by atoms with Crippen LogP contribution in [0.4, 0.5) is 17.1 Å². The van der Waals surface area contributed by atoms with Gasteiger partial charge in [-0.3, -0.25) is 0 Å². The number of rotatable bonds is 5. The molecular formula is C54H31N5O. The Labute approximate surface area is 343 Å². The SMILES string of the molecule is N#Cc1cc(-n2c3ccccc3c3c4oc5ccccc5c4ccc32)c(C#N)cc1-n1c2ccc(N(c3ccccc3)c3ccccc3)cc2c2c3ccccc3ccc21. The highest BCUT2D eigenvalue weighted by Gasteiger charge is 2.24. The quantitative estimate of drug-likeness (QED) is 0.175. The lowest BCUT2D eigenvalue weighted by Gasteiger charge is -2.25. The molecule has 0 atom stereocenters. The van der Waals surface area contributed by atoms with Crippen LogP contribution in [0.15, 0.2) is 192 Å². The average Bonchev–Trinajstić information content (AvgIpc) is 3.97. The molecule has 0 spiro atoms. The normalized spacial score (nSPS) is 11.6. The summed E-state index contributed by atoms with van der Waals surface area (Å²) in [5.41, 5.74) is 10.6. The van der Waals surface area contributed by atoms with E-state index in [-0.39, 0.29) is 0 Å². The molecule has 0 N–H and O–H groups in total. The van der Waals surface area contributed by atoms with Crippen molar-refractivity contribution >= 4 is 93.4 Å². The maximum absolute atomic E-state index is 11.1. The lowest BCUT2D eigenvalue weighted by atomic mass is 10.0. The van der Waals surface area contributed by atoms with E-state index in [1.165, 1.54) is 0 Å². The maximum atomic E-state index is 11.1. The highest BCUT2D eigenvalue weighted by atomic mass is 16.3. The van der Waals surface area contributed by atoms with E-state index in [4.69, 9.17) is 4.42 Å². The number of anilines is 3. The first kappa shape index (κ1) is 33.5. The molecule has 0 fully saturated rings. The summed E-state index contributed by atoms with van der Waals surface area (Å²) in [6.45, 7) is 0. The van der Waals surface area contributed by atoms with Crippen molar-refractivity contribution in [1.29, 1.82) is 10.5 Å². The van der Waals surface area contributed by atoms with Crippen molar-refractivity contribution in [1.82, 2.24) is 9.13 Å². The highest BCUT2D eigenvalue weighted by molar-refractivity contribution is 6.24. The van der Waals surface area contributed by atoms with Gasteiger partial charge in [0.05, 0.1) is 50.0 Å². The zero-order valence-electron chi connectivity index (χ0n) is 32.0. The molecule has 3 aromatic heterocycles. The Balaban J connectivity index is 1.13. The summed E-state index contributed by atoms with van der Waals surface area (Å²) in [5.74, 6) is 0. The monoisotopic (exact) mass is 765 g/mol. The third-order valence-corrected chi connectivity index (χ3v) is 11.9. The van der Waals surface area contributed by atoms with Gasteiger partial charge in [0.25, 0.3) is 0 Å². The van der Waals surface area contributed by atoms with E-state index in [1.54, 1.807) is 0 Å². The highest BCUT2D eigenvalue weighted by Crippen LogP contribution is 2.44. The lowest BCUT2D eigenvalue weighted by Crippen LogP contribution is -2.09. The van der Waals surface area contributed by atoms with Gasteiger partial charge in [-0.05, 0) is 95.7 Å². The number of para-hydroxylation sites is 4. The molecule has 3 heterocycles. The summed E-state index contributed by atoms with van der Waals surface area (Å²) in [6.07, 6.45) is 0. The van der Waals surface area contributed by atoms with E-state index in [1.807, 2.05) is 54.6 Å². The summed E-state index contributed by atoms with van der Waals surface area (Å²) >= 11 is 0. The van der Waals surface area contributed by atoms with Gasteiger partial charge in [0.1, 0.15) is 23.3 Å². The summed E-state index contributed by atoms with van der Waals surface area (Å²) in [6, 6.07) is 69.3. The summed E-state index contributed by atoms with van der Waals surface area (Å²) in [7, 11) is 0. The Bertz CT molecular complexity index is 3760. The van der Waals surface area contributed by atoms with E-state index < -0.39 is 0 Å². The van der Waals surface area contributed by atoms with Crippen LogP contribution in [0.5, 0.6) is 0 Å². The van der Waals surface area contributed by atoms with Crippen LogP contribution in [0.25, 0.3) is 87.7 Å². The first-order chi connectivity index (χ1) is 29.7. The predicted octanol–water partition coefficient (Wildman–Crippen LogP) is 14.1. The van der Waals surface area contributed by atoms with Crippen LogP contribution in [0.2, 0.25) is 0 Å². The molecule has 278 valence electrons. The van der Waals surface area contributed by atoms with E-state index in [0.29, 0.717) is 22.5 Å². The van der Waals surface area contributed by atoms with Crippen LogP contribution in [-0.4, -0.2) is 9.13 Å². The Morgan fingerprint density at radius 3 is 1.65 bits per heavy atom. The van der Waals surface area contributed by atoms with Gasteiger partial charge in [0.2, 0.25) is 0 Å². The Morgan fingerprint density at radius 2 is 0.950 bits per heavy atom. The van der Waals surface area contributed by atoms with Crippen LogP contribution in [0.3, 0.4) is 0 Å². The van der Waals surface area contributed by atoms with Crippen molar-refractivity contribution in [2.75, 3.05) is 4.90 Å². The number of hydrogen-bond acceptors (Lipinski definition) is 4. The number of nitriles is 2. The minimum Gasteiger partial charge on any atom is -0.455 e. The van der Waals surface area contributed by atoms with Gasteiger partial charge in [-0.15, -0.1) is 0 Å². The topological polar surface area (TPSA) is 73.8 Å². The zero-order chi connectivity index (χ0) is 39.9. The van der Waals surface area contributed by atoms with Crippen molar-refractivity contribution in [3.05, 3.63) is 199 Å². The number of fused-ring (bicyclic) bond motifs is 12. The summed E-state index contributed by atoms with van der Waals surface area (Å²) in [5, 5.41) is 30.5. The minimum atomic E-state index is 0.447. The smallest absolute Gasteiger partial charge is 0.145 e. The van der Waals surface area contributed by atoms with E-state index in [0.717, 1.165) is 93.4 Å². The van der Waals surface area contributed by atoms with E-state index in [9.17, 15) is 10.5 Å². The van der Waals surface area contributed by atoms with Crippen LogP contribution < -0.4 is 4.90 Å². The van der Waals surface area contributed by atoms with Crippen molar-refractivity contribution in [2.45, 2.75) is 0 Å². The van der Waals surface area contributed by atoms with Gasteiger partial charge < -0.3 is 18.5 Å². The predicted molar refractivity (Wildman–Crippen MR) is 244 cm³/mol. The molecule has 6 nitrogen and oxygen atoms in total. The fraction of sp³-hybridized carbons (Fsp3) is 0. The molecule has 0 saturated heterocycles. The Hall–Kier alpha value is -8.58. The number of hydrogen-bond donors (Lipinski definition) is 0. The number of furan rings is 1. The Kier molecular flexibility index (Phi) is 7.26.